The van der Waals surface area contributed by atoms with E-state index >= 15 is 0 Å². The lowest BCUT2D eigenvalue weighted by atomic mass is 9.99. The van der Waals surface area contributed by atoms with E-state index in [-0.39, 0.29) is 5.78 Å². The number of Topliss-reactive ketones (excluding diaryl/α,β-unsaturated/α-hetero) is 1. The van der Waals surface area contributed by atoms with Gasteiger partial charge in [0.1, 0.15) is 5.78 Å². The average molecular weight is 349 g/mol. The second-order valence-corrected chi connectivity index (χ2v) is 6.30. The van der Waals surface area contributed by atoms with Crippen LogP contribution in [-0.2, 0) is 31.1 Å². The first-order valence-electron chi connectivity index (χ1n) is 7.20. The number of hydrogen-bond donors (Lipinski definition) is 0. The minimum absolute atomic E-state index is 0.218. The van der Waals surface area contributed by atoms with Crippen LogP contribution < -0.4 is 0 Å². The average Bonchev–Trinajstić information content (AvgIpc) is 2.70. The van der Waals surface area contributed by atoms with E-state index in [1.807, 2.05) is 11.7 Å². The van der Waals surface area contributed by atoms with Gasteiger partial charge in [-0.1, -0.05) is 30.7 Å². The Balaban J connectivity index is 2.15. The molecule has 0 saturated heterocycles. The van der Waals surface area contributed by atoms with E-state index < -0.39 is 0 Å². The van der Waals surface area contributed by atoms with Gasteiger partial charge in [0.2, 0.25) is 0 Å². The molecule has 0 aliphatic heterocycles. The summed E-state index contributed by atoms with van der Waals surface area (Å²) in [5.41, 5.74) is 5.45. The van der Waals surface area contributed by atoms with Crippen molar-refractivity contribution in [3.8, 4) is 0 Å². The van der Waals surface area contributed by atoms with Crippen molar-refractivity contribution >= 4 is 21.7 Å². The Morgan fingerprint density at radius 2 is 2.00 bits per heavy atom. The fourth-order valence-electron chi connectivity index (χ4n) is 2.46. The van der Waals surface area contributed by atoms with Gasteiger partial charge in [0.15, 0.2) is 0 Å². The molecule has 0 amide bonds. The molecular weight excluding hydrogens is 328 g/mol. The van der Waals surface area contributed by atoms with Gasteiger partial charge in [-0.05, 0) is 47.3 Å². The molecule has 0 bridgehead atoms. The van der Waals surface area contributed by atoms with Crippen LogP contribution in [0.1, 0.15) is 35.0 Å². The normalized spacial score (nSPS) is 10.9. The van der Waals surface area contributed by atoms with E-state index in [4.69, 9.17) is 0 Å². The van der Waals surface area contributed by atoms with Crippen molar-refractivity contribution in [2.75, 3.05) is 0 Å². The van der Waals surface area contributed by atoms with Crippen LogP contribution in [0, 0.1) is 13.8 Å². The molecule has 0 aliphatic carbocycles. The summed E-state index contributed by atoms with van der Waals surface area (Å²) >= 11 is 3.57. The third kappa shape index (κ3) is 3.62. The molecule has 1 heterocycles. The molecule has 3 nitrogen and oxygen atoms in total. The third-order valence-corrected chi connectivity index (χ3v) is 4.68. The molecule has 4 heteroatoms. The zero-order valence-electron chi connectivity index (χ0n) is 13.0. The maximum absolute atomic E-state index is 12.4. The molecule has 112 valence electrons. The third-order valence-electron chi connectivity index (χ3n) is 3.76. The summed E-state index contributed by atoms with van der Waals surface area (Å²) < 4.78 is 2.78. The number of hydrogen-bond acceptors (Lipinski definition) is 2. The number of benzene rings is 1. The zero-order valence-corrected chi connectivity index (χ0v) is 14.6. The van der Waals surface area contributed by atoms with Crippen molar-refractivity contribution in [2.24, 2.45) is 7.05 Å². The first kappa shape index (κ1) is 16.0. The van der Waals surface area contributed by atoms with Gasteiger partial charge in [0, 0.05) is 19.9 Å². The Bertz CT molecular complexity index is 674. The Hall–Kier alpha value is -1.42. The van der Waals surface area contributed by atoms with E-state index in [1.54, 1.807) is 0 Å². The van der Waals surface area contributed by atoms with Crippen LogP contribution in [0.25, 0.3) is 0 Å². The lowest BCUT2D eigenvalue weighted by Gasteiger charge is -2.07. The summed E-state index contributed by atoms with van der Waals surface area (Å²) in [7, 11) is 1.89. The summed E-state index contributed by atoms with van der Waals surface area (Å²) in [6.45, 7) is 6.17. The van der Waals surface area contributed by atoms with Crippen LogP contribution in [0.3, 0.4) is 0 Å². The molecule has 1 aromatic heterocycles. The smallest absolute Gasteiger partial charge is 0.143 e. The number of halogens is 1. The molecule has 0 fully saturated rings. The number of carbonyl (C=O) groups is 1. The molecule has 21 heavy (non-hydrogen) atoms. The van der Waals surface area contributed by atoms with Crippen LogP contribution in [0.15, 0.2) is 22.7 Å². The van der Waals surface area contributed by atoms with Gasteiger partial charge in [-0.15, -0.1) is 0 Å². The molecule has 0 radical (unpaired) electrons. The van der Waals surface area contributed by atoms with Gasteiger partial charge in [-0.2, -0.15) is 5.10 Å². The summed E-state index contributed by atoms with van der Waals surface area (Å²) in [4.78, 5) is 12.4. The Kier molecular flexibility index (Phi) is 4.99. The van der Waals surface area contributed by atoms with Gasteiger partial charge in [0.05, 0.1) is 15.9 Å². The summed E-state index contributed by atoms with van der Waals surface area (Å²) in [6.07, 6.45) is 1.75. The van der Waals surface area contributed by atoms with E-state index in [9.17, 15) is 4.79 Å². The molecule has 2 aromatic rings. The Morgan fingerprint density at radius 3 is 2.62 bits per heavy atom. The van der Waals surface area contributed by atoms with E-state index in [0.717, 1.165) is 27.8 Å². The van der Waals surface area contributed by atoms with Gasteiger partial charge in [0.25, 0.3) is 0 Å². The van der Waals surface area contributed by atoms with Gasteiger partial charge in [-0.3, -0.25) is 9.48 Å². The SMILES string of the molecule is CCc1nn(C)c(CC(=O)Cc2cc(C)ccc2C)c1Br. The maximum Gasteiger partial charge on any atom is 0.143 e. The number of nitrogens with zero attached hydrogens (tertiary/aromatic N) is 2. The van der Waals surface area contributed by atoms with Crippen LogP contribution in [0.2, 0.25) is 0 Å². The van der Waals surface area contributed by atoms with Crippen molar-refractivity contribution in [1.29, 1.82) is 0 Å². The minimum atomic E-state index is 0.218. The standard InChI is InChI=1S/C17H21BrN2O/c1-5-15-17(18)16(20(4)19-15)10-14(21)9-13-8-11(2)6-7-12(13)3/h6-8H,5,9-10H2,1-4H3. The zero-order chi connectivity index (χ0) is 15.6. The minimum Gasteiger partial charge on any atom is -0.299 e. The van der Waals surface area contributed by atoms with Gasteiger partial charge < -0.3 is 0 Å². The second kappa shape index (κ2) is 6.56. The number of ketones is 1. The highest BCUT2D eigenvalue weighted by molar-refractivity contribution is 9.10. The summed E-state index contributed by atoms with van der Waals surface area (Å²) in [6, 6.07) is 6.25. The van der Waals surface area contributed by atoms with Crippen molar-refractivity contribution in [3.05, 3.63) is 50.8 Å². The number of aryl methyl sites for hydroxylation is 4. The molecule has 0 atom stereocenters. The predicted octanol–water partition coefficient (Wildman–Crippen LogP) is 3.72. The lowest BCUT2D eigenvalue weighted by molar-refractivity contribution is -0.117. The maximum atomic E-state index is 12.4. The Morgan fingerprint density at radius 1 is 1.29 bits per heavy atom. The number of carbonyl (C=O) groups excluding carboxylic acids is 1. The molecule has 0 aliphatic rings. The van der Waals surface area contributed by atoms with Gasteiger partial charge >= 0.3 is 0 Å². The van der Waals surface area contributed by atoms with Crippen LogP contribution in [0.4, 0.5) is 0 Å². The molecule has 0 unspecified atom stereocenters. The highest BCUT2D eigenvalue weighted by atomic mass is 79.9. The van der Waals surface area contributed by atoms with Gasteiger partial charge in [-0.25, -0.2) is 0 Å². The second-order valence-electron chi connectivity index (χ2n) is 5.51. The van der Waals surface area contributed by atoms with E-state index in [2.05, 4.69) is 60.0 Å². The van der Waals surface area contributed by atoms with Crippen LogP contribution in [-0.4, -0.2) is 15.6 Å². The fraction of sp³-hybridized carbons (Fsp3) is 0.412. The van der Waals surface area contributed by atoms with Crippen molar-refractivity contribution in [3.63, 3.8) is 0 Å². The molecule has 1 aromatic carbocycles. The molecule has 0 spiro atoms. The topological polar surface area (TPSA) is 34.9 Å². The quantitative estimate of drug-likeness (QED) is 0.825. The highest BCUT2D eigenvalue weighted by Gasteiger charge is 2.16. The summed E-state index contributed by atoms with van der Waals surface area (Å²) in [5.74, 6) is 0.218. The van der Waals surface area contributed by atoms with Crippen LogP contribution in [0.5, 0.6) is 0 Å². The number of rotatable bonds is 5. The molecule has 0 N–H and O–H groups in total. The fourth-order valence-corrected chi connectivity index (χ4v) is 3.22. The lowest BCUT2D eigenvalue weighted by Crippen LogP contribution is -2.11. The van der Waals surface area contributed by atoms with E-state index in [0.29, 0.717) is 12.8 Å². The monoisotopic (exact) mass is 348 g/mol. The van der Waals surface area contributed by atoms with E-state index in [1.165, 1.54) is 11.1 Å². The highest BCUT2D eigenvalue weighted by Crippen LogP contribution is 2.23. The molecular formula is C17H21BrN2O. The Labute approximate surface area is 134 Å². The van der Waals surface area contributed by atoms with Crippen molar-refractivity contribution in [1.82, 2.24) is 9.78 Å². The molecule has 0 saturated carbocycles. The largest absolute Gasteiger partial charge is 0.299 e. The first-order chi connectivity index (χ1) is 9.92. The predicted molar refractivity (Wildman–Crippen MR) is 88.6 cm³/mol. The van der Waals surface area contributed by atoms with Crippen LogP contribution >= 0.6 is 15.9 Å². The first-order valence-corrected chi connectivity index (χ1v) is 7.99. The summed E-state index contributed by atoms with van der Waals surface area (Å²) in [5, 5.41) is 4.44. The molecule has 2 rings (SSSR count). The van der Waals surface area contributed by atoms with Crippen molar-refractivity contribution in [2.45, 2.75) is 40.0 Å². The number of aromatic nitrogens is 2. The van der Waals surface area contributed by atoms with Crippen molar-refractivity contribution < 1.29 is 4.79 Å².